The van der Waals surface area contributed by atoms with Gasteiger partial charge in [-0.05, 0) is 17.9 Å². The van der Waals surface area contributed by atoms with Crippen LogP contribution >= 0.6 is 12.6 Å². The molecule has 1 aromatic heterocycles. The molecular weight excluding hydrogens is 230 g/mol. The van der Waals surface area contributed by atoms with Crippen molar-refractivity contribution in [2.45, 2.75) is 25.8 Å². The number of rotatable bonds is 4. The van der Waals surface area contributed by atoms with E-state index in [1.165, 1.54) is 0 Å². The number of aryl methyl sites for hydroxylation is 1. The molecular formula is C13H15N3S. The van der Waals surface area contributed by atoms with Gasteiger partial charge in [0, 0.05) is 12.5 Å². The normalized spacial score (nSPS) is 12.5. The largest absolute Gasteiger partial charge is 0.327 e. The van der Waals surface area contributed by atoms with Gasteiger partial charge in [0.05, 0.1) is 23.5 Å². The highest BCUT2D eigenvalue weighted by Crippen LogP contribution is 2.23. The smallest absolute Gasteiger partial charge is 0.113 e. The molecule has 88 valence electrons. The lowest BCUT2D eigenvalue weighted by molar-refractivity contribution is 0.648. The van der Waals surface area contributed by atoms with Crippen LogP contribution in [0.1, 0.15) is 25.1 Å². The summed E-state index contributed by atoms with van der Waals surface area (Å²) in [5, 5.41) is 8.73. The Labute approximate surface area is 106 Å². The first-order valence-electron chi connectivity index (χ1n) is 5.71. The Kier molecular flexibility index (Phi) is 3.70. The molecule has 0 aliphatic rings. The molecule has 2 aromatic rings. The summed E-state index contributed by atoms with van der Waals surface area (Å²) in [4.78, 5) is 4.64. The lowest BCUT2D eigenvalue weighted by Crippen LogP contribution is -2.08. The lowest BCUT2D eigenvalue weighted by Gasteiger charge is -2.11. The van der Waals surface area contributed by atoms with Crippen molar-refractivity contribution in [3.8, 4) is 6.07 Å². The summed E-state index contributed by atoms with van der Waals surface area (Å²) in [6.07, 6.45) is 0.507. The first-order chi connectivity index (χ1) is 8.27. The van der Waals surface area contributed by atoms with Gasteiger partial charge < -0.3 is 4.57 Å². The molecule has 4 heteroatoms. The monoisotopic (exact) mass is 245 g/mol. The average Bonchev–Trinajstić information content (AvgIpc) is 2.74. The van der Waals surface area contributed by atoms with Crippen molar-refractivity contribution in [2.24, 2.45) is 0 Å². The third kappa shape index (κ3) is 2.29. The fraction of sp³-hybridized carbons (Fsp3) is 0.385. The lowest BCUT2D eigenvalue weighted by atomic mass is 10.2. The Morgan fingerprint density at radius 2 is 2.24 bits per heavy atom. The summed E-state index contributed by atoms with van der Waals surface area (Å²) in [6.45, 7) is 2.81. The molecule has 0 bridgehead atoms. The van der Waals surface area contributed by atoms with Gasteiger partial charge in [-0.15, -0.1) is 0 Å². The molecule has 0 aliphatic carbocycles. The molecule has 0 fully saturated rings. The van der Waals surface area contributed by atoms with Gasteiger partial charge in [-0.2, -0.15) is 17.9 Å². The number of hydrogen-bond donors (Lipinski definition) is 1. The molecule has 17 heavy (non-hydrogen) atoms. The van der Waals surface area contributed by atoms with Crippen LogP contribution in [0, 0.1) is 11.3 Å². The van der Waals surface area contributed by atoms with Crippen LogP contribution in [0.15, 0.2) is 24.3 Å². The molecule has 0 N–H and O–H groups in total. The number of para-hydroxylation sites is 2. The van der Waals surface area contributed by atoms with Crippen molar-refractivity contribution in [2.75, 3.05) is 5.75 Å². The van der Waals surface area contributed by atoms with Gasteiger partial charge in [-0.1, -0.05) is 19.1 Å². The first-order valence-corrected chi connectivity index (χ1v) is 6.34. The van der Waals surface area contributed by atoms with Crippen molar-refractivity contribution in [1.29, 1.82) is 5.26 Å². The molecule has 2 rings (SSSR count). The Balaban J connectivity index is 2.53. The van der Waals surface area contributed by atoms with Gasteiger partial charge in [-0.3, -0.25) is 0 Å². The van der Waals surface area contributed by atoms with E-state index in [9.17, 15) is 0 Å². The first kappa shape index (κ1) is 12.0. The van der Waals surface area contributed by atoms with Gasteiger partial charge >= 0.3 is 0 Å². The van der Waals surface area contributed by atoms with E-state index < -0.39 is 0 Å². The second kappa shape index (κ2) is 5.24. The molecule has 0 radical (unpaired) electrons. The molecule has 0 aliphatic heterocycles. The number of nitrogens with zero attached hydrogens (tertiary/aromatic N) is 3. The van der Waals surface area contributed by atoms with Gasteiger partial charge in [0.1, 0.15) is 5.82 Å². The average molecular weight is 245 g/mol. The van der Waals surface area contributed by atoms with E-state index in [2.05, 4.69) is 41.2 Å². The summed E-state index contributed by atoms with van der Waals surface area (Å²) < 4.78 is 2.14. The van der Waals surface area contributed by atoms with Crippen LogP contribution in [0.3, 0.4) is 0 Å². The molecule has 1 heterocycles. The number of imidazole rings is 1. The van der Waals surface area contributed by atoms with Crippen LogP contribution in [-0.4, -0.2) is 15.3 Å². The standard InChI is InChI=1S/C13H15N3S/c1-10(9-17)13-15-11-5-2-3-6-12(11)16(13)8-4-7-14/h2-3,5-6,10,17H,4,8-9H2,1H3. The quantitative estimate of drug-likeness (QED) is 0.841. The Hall–Kier alpha value is -1.47. The van der Waals surface area contributed by atoms with E-state index in [1.54, 1.807) is 0 Å². The zero-order chi connectivity index (χ0) is 12.3. The van der Waals surface area contributed by atoms with Crippen LogP contribution in [-0.2, 0) is 6.54 Å². The summed E-state index contributed by atoms with van der Waals surface area (Å²) in [5.41, 5.74) is 2.10. The maximum atomic E-state index is 8.73. The number of thiol groups is 1. The summed E-state index contributed by atoms with van der Waals surface area (Å²) >= 11 is 4.33. The van der Waals surface area contributed by atoms with E-state index >= 15 is 0 Å². The number of nitriles is 1. The van der Waals surface area contributed by atoms with Crippen molar-refractivity contribution in [3.63, 3.8) is 0 Å². The topological polar surface area (TPSA) is 41.6 Å². The van der Waals surface area contributed by atoms with Crippen molar-refractivity contribution < 1.29 is 0 Å². The molecule has 0 saturated heterocycles. The van der Waals surface area contributed by atoms with E-state index in [-0.39, 0.29) is 0 Å². The van der Waals surface area contributed by atoms with Gasteiger partial charge in [-0.25, -0.2) is 4.98 Å². The van der Waals surface area contributed by atoms with Crippen LogP contribution < -0.4 is 0 Å². The maximum absolute atomic E-state index is 8.73. The third-order valence-electron chi connectivity index (χ3n) is 2.85. The Bertz CT molecular complexity index is 553. The Morgan fingerprint density at radius 3 is 2.94 bits per heavy atom. The molecule has 1 atom stereocenters. The summed E-state index contributed by atoms with van der Waals surface area (Å²) in [7, 11) is 0. The number of hydrogen-bond acceptors (Lipinski definition) is 3. The predicted octanol–water partition coefficient (Wildman–Crippen LogP) is 2.98. The van der Waals surface area contributed by atoms with Crippen LogP contribution in [0.25, 0.3) is 11.0 Å². The van der Waals surface area contributed by atoms with Gasteiger partial charge in [0.2, 0.25) is 0 Å². The van der Waals surface area contributed by atoms with Crippen molar-refractivity contribution in [3.05, 3.63) is 30.1 Å². The highest BCUT2D eigenvalue weighted by molar-refractivity contribution is 7.80. The second-order valence-electron chi connectivity index (χ2n) is 4.10. The van der Waals surface area contributed by atoms with Gasteiger partial charge in [0.15, 0.2) is 0 Å². The fourth-order valence-electron chi connectivity index (χ4n) is 1.95. The molecule has 1 unspecified atom stereocenters. The highest BCUT2D eigenvalue weighted by Gasteiger charge is 2.14. The molecule has 0 saturated carbocycles. The number of benzene rings is 1. The number of aromatic nitrogens is 2. The number of fused-ring (bicyclic) bond motifs is 1. The molecule has 3 nitrogen and oxygen atoms in total. The minimum absolute atomic E-state index is 0.296. The van der Waals surface area contributed by atoms with Crippen molar-refractivity contribution >= 4 is 23.7 Å². The van der Waals surface area contributed by atoms with E-state index in [4.69, 9.17) is 5.26 Å². The van der Waals surface area contributed by atoms with E-state index in [0.29, 0.717) is 18.9 Å². The highest BCUT2D eigenvalue weighted by atomic mass is 32.1. The van der Waals surface area contributed by atoms with E-state index in [1.807, 2.05) is 18.2 Å². The zero-order valence-corrected chi connectivity index (χ0v) is 10.7. The molecule has 1 aromatic carbocycles. The Morgan fingerprint density at radius 1 is 1.47 bits per heavy atom. The zero-order valence-electron chi connectivity index (χ0n) is 9.80. The van der Waals surface area contributed by atoms with Crippen LogP contribution in [0.5, 0.6) is 0 Å². The van der Waals surface area contributed by atoms with E-state index in [0.717, 1.165) is 22.6 Å². The minimum atomic E-state index is 0.296. The SMILES string of the molecule is CC(CS)c1nc2ccccc2n1CCC#N. The minimum Gasteiger partial charge on any atom is -0.327 e. The molecule has 0 amide bonds. The van der Waals surface area contributed by atoms with Crippen LogP contribution in [0.2, 0.25) is 0 Å². The maximum Gasteiger partial charge on any atom is 0.113 e. The molecule has 0 spiro atoms. The van der Waals surface area contributed by atoms with Crippen molar-refractivity contribution in [1.82, 2.24) is 9.55 Å². The summed E-state index contributed by atoms with van der Waals surface area (Å²) in [6, 6.07) is 10.2. The fourth-order valence-corrected chi connectivity index (χ4v) is 2.11. The second-order valence-corrected chi connectivity index (χ2v) is 4.47. The summed E-state index contributed by atoms with van der Waals surface area (Å²) in [5.74, 6) is 2.08. The van der Waals surface area contributed by atoms with Crippen LogP contribution in [0.4, 0.5) is 0 Å². The predicted molar refractivity (Wildman–Crippen MR) is 72.2 cm³/mol. The van der Waals surface area contributed by atoms with Gasteiger partial charge in [0.25, 0.3) is 0 Å². The third-order valence-corrected chi connectivity index (χ3v) is 3.39.